The molecule has 2 aromatic carbocycles. The number of hydrogen-bond acceptors (Lipinski definition) is 5. The molecule has 6 nitrogen and oxygen atoms in total. The lowest BCUT2D eigenvalue weighted by Crippen LogP contribution is -2.48. The summed E-state index contributed by atoms with van der Waals surface area (Å²) in [5, 5.41) is 6.50. The Morgan fingerprint density at radius 3 is 2.44 bits per heavy atom. The van der Waals surface area contributed by atoms with E-state index in [2.05, 4.69) is 22.1 Å². The summed E-state index contributed by atoms with van der Waals surface area (Å²) in [5.74, 6) is 0.0491. The van der Waals surface area contributed by atoms with Gasteiger partial charge < -0.3 is 4.90 Å². The maximum atomic E-state index is 13.0. The number of hydrogen-bond donors (Lipinski definition) is 0. The van der Waals surface area contributed by atoms with Crippen molar-refractivity contribution in [2.24, 2.45) is 7.05 Å². The molecule has 0 bridgehead atoms. The van der Waals surface area contributed by atoms with Gasteiger partial charge in [-0.1, -0.05) is 48.0 Å². The number of nitrogens with zero attached hydrogens (tertiary/aromatic N) is 4. The second-order valence-corrected chi connectivity index (χ2v) is 10.1. The van der Waals surface area contributed by atoms with Gasteiger partial charge in [0.05, 0.1) is 17.5 Å². The molecule has 4 aromatic rings. The van der Waals surface area contributed by atoms with Crippen molar-refractivity contribution in [1.82, 2.24) is 19.6 Å². The Bertz CT molecular complexity index is 1410. The number of aryl methyl sites for hydroxylation is 1. The van der Waals surface area contributed by atoms with Gasteiger partial charge in [0.15, 0.2) is 0 Å². The minimum absolute atomic E-state index is 0.0491. The molecule has 0 N–H and O–H groups in total. The van der Waals surface area contributed by atoms with E-state index in [4.69, 9.17) is 11.6 Å². The first kappa shape index (κ1) is 22.8. The SMILES string of the molecule is Cn1nc(CC(=O)N2CCN(Cc3ccc(-c4ccccc4Cl)s3)CC2)c2ccccc2c1=O. The van der Waals surface area contributed by atoms with Crippen LogP contribution in [-0.2, 0) is 24.8 Å². The highest BCUT2D eigenvalue weighted by Crippen LogP contribution is 2.33. The van der Waals surface area contributed by atoms with E-state index in [-0.39, 0.29) is 17.9 Å². The summed E-state index contributed by atoms with van der Waals surface area (Å²) >= 11 is 8.11. The van der Waals surface area contributed by atoms with Crippen LogP contribution in [0.15, 0.2) is 65.5 Å². The van der Waals surface area contributed by atoms with Gasteiger partial charge in [0.2, 0.25) is 5.91 Å². The zero-order valence-corrected chi connectivity index (χ0v) is 20.5. The third-order valence-corrected chi connectivity index (χ3v) is 7.69. The number of rotatable bonds is 5. The van der Waals surface area contributed by atoms with Gasteiger partial charge in [-0.3, -0.25) is 14.5 Å². The summed E-state index contributed by atoms with van der Waals surface area (Å²) in [6.07, 6.45) is 0.195. The fourth-order valence-corrected chi connectivity index (χ4v) is 5.79. The van der Waals surface area contributed by atoms with E-state index in [0.717, 1.165) is 35.6 Å². The Morgan fingerprint density at radius 2 is 1.68 bits per heavy atom. The van der Waals surface area contributed by atoms with Crippen molar-refractivity contribution < 1.29 is 4.79 Å². The van der Waals surface area contributed by atoms with Crippen molar-refractivity contribution in [3.8, 4) is 10.4 Å². The predicted octanol–water partition coefficient (Wildman–Crippen LogP) is 4.20. The number of carbonyl (C=O) groups excluding carboxylic acids is 1. The topological polar surface area (TPSA) is 58.4 Å². The van der Waals surface area contributed by atoms with Gasteiger partial charge in [-0.15, -0.1) is 11.3 Å². The molecule has 5 rings (SSSR count). The van der Waals surface area contributed by atoms with E-state index in [1.54, 1.807) is 24.5 Å². The van der Waals surface area contributed by atoms with Gasteiger partial charge in [0.1, 0.15) is 0 Å². The molecule has 0 saturated carbocycles. The molecule has 8 heteroatoms. The molecular formula is C26H25ClN4O2S. The highest BCUT2D eigenvalue weighted by atomic mass is 35.5. The normalized spacial score (nSPS) is 14.6. The second kappa shape index (κ2) is 9.70. The van der Waals surface area contributed by atoms with E-state index in [0.29, 0.717) is 24.2 Å². The van der Waals surface area contributed by atoms with Crippen LogP contribution in [0.1, 0.15) is 10.6 Å². The quantitative estimate of drug-likeness (QED) is 0.419. The molecule has 1 fully saturated rings. The summed E-state index contributed by atoms with van der Waals surface area (Å²) in [6, 6.07) is 19.6. The molecule has 0 radical (unpaired) electrons. The Hall–Kier alpha value is -3.00. The molecule has 3 heterocycles. The summed E-state index contributed by atoms with van der Waals surface area (Å²) in [5.41, 5.74) is 1.57. The maximum absolute atomic E-state index is 13.0. The van der Waals surface area contributed by atoms with Crippen LogP contribution in [0.3, 0.4) is 0 Å². The third-order valence-electron chi connectivity index (χ3n) is 6.26. The first-order valence-electron chi connectivity index (χ1n) is 11.3. The average Bonchev–Trinajstić information content (AvgIpc) is 3.31. The molecule has 0 spiro atoms. The van der Waals surface area contributed by atoms with E-state index in [1.807, 2.05) is 47.4 Å². The number of piperazine rings is 1. The molecule has 174 valence electrons. The van der Waals surface area contributed by atoms with E-state index < -0.39 is 0 Å². The molecule has 1 aliphatic heterocycles. The van der Waals surface area contributed by atoms with Crippen molar-refractivity contribution in [2.45, 2.75) is 13.0 Å². The van der Waals surface area contributed by atoms with E-state index in [9.17, 15) is 9.59 Å². The molecule has 34 heavy (non-hydrogen) atoms. The number of aromatic nitrogens is 2. The molecule has 0 unspecified atom stereocenters. The molecule has 1 aliphatic rings. The fraction of sp³-hybridized carbons (Fsp3) is 0.269. The van der Waals surface area contributed by atoms with Crippen LogP contribution in [0, 0.1) is 0 Å². The summed E-state index contributed by atoms with van der Waals surface area (Å²) in [6.45, 7) is 3.89. The van der Waals surface area contributed by atoms with Crippen LogP contribution in [0.5, 0.6) is 0 Å². The number of benzene rings is 2. The molecule has 0 aliphatic carbocycles. The van der Waals surface area contributed by atoms with Gasteiger partial charge in [0, 0.05) is 65.5 Å². The average molecular weight is 493 g/mol. The molecule has 1 amide bonds. The lowest BCUT2D eigenvalue weighted by molar-refractivity contribution is -0.132. The molecule has 2 aromatic heterocycles. The molecular weight excluding hydrogens is 468 g/mol. The smallest absolute Gasteiger partial charge is 0.274 e. The van der Waals surface area contributed by atoms with Crippen molar-refractivity contribution in [3.05, 3.63) is 86.6 Å². The minimum Gasteiger partial charge on any atom is -0.340 e. The number of amides is 1. The first-order valence-corrected chi connectivity index (χ1v) is 12.5. The Morgan fingerprint density at radius 1 is 0.971 bits per heavy atom. The Kier molecular flexibility index (Phi) is 6.50. The van der Waals surface area contributed by atoms with Crippen molar-refractivity contribution in [2.75, 3.05) is 26.2 Å². The molecule has 0 atom stereocenters. The second-order valence-electron chi connectivity index (χ2n) is 8.50. The lowest BCUT2D eigenvalue weighted by Gasteiger charge is -2.34. The van der Waals surface area contributed by atoms with Crippen molar-refractivity contribution in [3.63, 3.8) is 0 Å². The Balaban J connectivity index is 1.21. The summed E-state index contributed by atoms with van der Waals surface area (Å²) in [4.78, 5) is 32.1. The zero-order valence-electron chi connectivity index (χ0n) is 18.9. The predicted molar refractivity (Wildman–Crippen MR) is 137 cm³/mol. The van der Waals surface area contributed by atoms with E-state index in [1.165, 1.54) is 14.4 Å². The first-order chi connectivity index (χ1) is 16.5. The van der Waals surface area contributed by atoms with Crippen molar-refractivity contribution >= 4 is 39.6 Å². The highest BCUT2D eigenvalue weighted by Gasteiger charge is 2.23. The van der Waals surface area contributed by atoms with Crippen LogP contribution in [0.2, 0.25) is 5.02 Å². The van der Waals surface area contributed by atoms with Crippen LogP contribution in [-0.4, -0.2) is 51.7 Å². The monoisotopic (exact) mass is 492 g/mol. The zero-order chi connectivity index (χ0) is 23.7. The van der Waals surface area contributed by atoms with Crippen LogP contribution >= 0.6 is 22.9 Å². The van der Waals surface area contributed by atoms with Crippen LogP contribution in [0.25, 0.3) is 21.2 Å². The summed E-state index contributed by atoms with van der Waals surface area (Å²) in [7, 11) is 1.63. The van der Waals surface area contributed by atoms with Crippen LogP contribution in [0.4, 0.5) is 0 Å². The summed E-state index contributed by atoms with van der Waals surface area (Å²) < 4.78 is 1.32. The number of carbonyl (C=O) groups is 1. The number of thiophene rings is 1. The van der Waals surface area contributed by atoms with Gasteiger partial charge in [-0.05, 0) is 24.3 Å². The lowest BCUT2D eigenvalue weighted by atomic mass is 10.1. The maximum Gasteiger partial charge on any atom is 0.274 e. The van der Waals surface area contributed by atoms with E-state index >= 15 is 0 Å². The third kappa shape index (κ3) is 4.64. The minimum atomic E-state index is -0.147. The number of fused-ring (bicyclic) bond motifs is 1. The largest absolute Gasteiger partial charge is 0.340 e. The van der Waals surface area contributed by atoms with Gasteiger partial charge in [0.25, 0.3) is 5.56 Å². The fourth-order valence-electron chi connectivity index (χ4n) is 4.41. The number of halogens is 1. The van der Waals surface area contributed by atoms with Crippen LogP contribution < -0.4 is 5.56 Å². The van der Waals surface area contributed by atoms with Crippen molar-refractivity contribution in [1.29, 1.82) is 0 Å². The standard InChI is InChI=1S/C26H25ClN4O2S/c1-29-26(33)20-7-3-2-6-19(20)23(28-29)16-25(32)31-14-12-30(13-15-31)17-18-10-11-24(34-18)21-8-4-5-9-22(21)27/h2-11H,12-17H2,1H3. The molecule has 1 saturated heterocycles. The van der Waals surface area contributed by atoms with Gasteiger partial charge >= 0.3 is 0 Å². The Labute approximate surface area is 207 Å². The van der Waals surface area contributed by atoms with Gasteiger partial charge in [-0.2, -0.15) is 5.10 Å². The van der Waals surface area contributed by atoms with Gasteiger partial charge in [-0.25, -0.2) is 4.68 Å². The highest BCUT2D eigenvalue weighted by molar-refractivity contribution is 7.15.